The second-order valence-electron chi connectivity index (χ2n) is 3.79. The number of rotatable bonds is 4. The molecule has 0 spiro atoms. The third-order valence-electron chi connectivity index (χ3n) is 2.53. The zero-order chi connectivity index (χ0) is 13.1. The van der Waals surface area contributed by atoms with Gasteiger partial charge in [-0.2, -0.15) is 5.10 Å². The van der Waals surface area contributed by atoms with Crippen LogP contribution in [-0.4, -0.2) is 21.3 Å². The molecule has 0 unspecified atom stereocenters. The van der Waals surface area contributed by atoms with Crippen molar-refractivity contribution < 1.29 is 9.90 Å². The lowest BCUT2D eigenvalue weighted by molar-refractivity contribution is -0.136. The van der Waals surface area contributed by atoms with E-state index in [1.165, 1.54) is 0 Å². The molecule has 94 valence electrons. The number of aryl methyl sites for hydroxylation is 1. The lowest BCUT2D eigenvalue weighted by atomic mass is 10.0. The zero-order valence-electron chi connectivity index (χ0n) is 9.28. The summed E-state index contributed by atoms with van der Waals surface area (Å²) in [6, 6.07) is 5.15. The molecular formula is C12H10Cl2N2O2. The van der Waals surface area contributed by atoms with Crippen molar-refractivity contribution in [2.24, 2.45) is 0 Å². The van der Waals surface area contributed by atoms with Gasteiger partial charge >= 0.3 is 5.97 Å². The summed E-state index contributed by atoms with van der Waals surface area (Å²) in [4.78, 5) is 10.6. The van der Waals surface area contributed by atoms with Crippen LogP contribution in [0.5, 0.6) is 0 Å². The van der Waals surface area contributed by atoms with Gasteiger partial charge in [0.2, 0.25) is 0 Å². The van der Waals surface area contributed by atoms with E-state index in [0.29, 0.717) is 16.5 Å². The SMILES string of the molecule is O=C(O)CCc1cn[nH]c1-c1ccc(Cl)cc1Cl. The average molecular weight is 285 g/mol. The highest BCUT2D eigenvalue weighted by molar-refractivity contribution is 6.36. The van der Waals surface area contributed by atoms with Crippen LogP contribution >= 0.6 is 23.2 Å². The molecule has 0 aliphatic carbocycles. The first-order chi connectivity index (χ1) is 8.58. The number of hydrogen-bond acceptors (Lipinski definition) is 2. The normalized spacial score (nSPS) is 10.6. The van der Waals surface area contributed by atoms with E-state index < -0.39 is 5.97 Å². The van der Waals surface area contributed by atoms with Crippen molar-refractivity contribution in [3.05, 3.63) is 40.0 Å². The monoisotopic (exact) mass is 284 g/mol. The predicted molar refractivity (Wildman–Crippen MR) is 70.0 cm³/mol. The molecule has 0 atom stereocenters. The summed E-state index contributed by atoms with van der Waals surface area (Å²) >= 11 is 11.9. The zero-order valence-corrected chi connectivity index (χ0v) is 10.8. The number of benzene rings is 1. The first kappa shape index (κ1) is 12.9. The minimum atomic E-state index is -0.843. The van der Waals surface area contributed by atoms with Crippen molar-refractivity contribution in [3.63, 3.8) is 0 Å². The van der Waals surface area contributed by atoms with Crippen LogP contribution in [0.15, 0.2) is 24.4 Å². The Morgan fingerprint density at radius 2 is 2.17 bits per heavy atom. The highest BCUT2D eigenvalue weighted by atomic mass is 35.5. The van der Waals surface area contributed by atoms with Crippen LogP contribution in [0.25, 0.3) is 11.3 Å². The minimum absolute atomic E-state index is 0.0533. The third-order valence-corrected chi connectivity index (χ3v) is 3.07. The lowest BCUT2D eigenvalue weighted by Gasteiger charge is -2.05. The van der Waals surface area contributed by atoms with Crippen molar-refractivity contribution in [2.75, 3.05) is 0 Å². The van der Waals surface area contributed by atoms with Crippen LogP contribution in [0.4, 0.5) is 0 Å². The summed E-state index contributed by atoms with van der Waals surface area (Å²) in [6.45, 7) is 0. The molecule has 1 aromatic heterocycles. The fourth-order valence-electron chi connectivity index (χ4n) is 1.67. The number of carboxylic acid groups (broad SMARTS) is 1. The van der Waals surface area contributed by atoms with Gasteiger partial charge in [-0.25, -0.2) is 0 Å². The van der Waals surface area contributed by atoms with Crippen LogP contribution in [0.3, 0.4) is 0 Å². The molecule has 0 radical (unpaired) electrons. The molecule has 18 heavy (non-hydrogen) atoms. The molecule has 0 bridgehead atoms. The van der Waals surface area contributed by atoms with Crippen LogP contribution in [0, 0.1) is 0 Å². The van der Waals surface area contributed by atoms with Crippen molar-refractivity contribution in [1.29, 1.82) is 0 Å². The molecule has 4 nitrogen and oxygen atoms in total. The Labute approximate surface area is 114 Å². The number of aromatic amines is 1. The first-order valence-electron chi connectivity index (χ1n) is 5.27. The molecule has 0 aliphatic rings. The molecule has 2 rings (SSSR count). The van der Waals surface area contributed by atoms with Crippen molar-refractivity contribution >= 4 is 29.2 Å². The van der Waals surface area contributed by atoms with Gasteiger partial charge in [0.05, 0.1) is 16.9 Å². The predicted octanol–water partition coefficient (Wildman–Crippen LogP) is 3.40. The van der Waals surface area contributed by atoms with Gasteiger partial charge < -0.3 is 5.11 Å². The van der Waals surface area contributed by atoms with E-state index in [2.05, 4.69) is 10.2 Å². The molecular weight excluding hydrogens is 275 g/mol. The average Bonchev–Trinajstić information content (AvgIpc) is 2.74. The van der Waals surface area contributed by atoms with E-state index in [4.69, 9.17) is 28.3 Å². The summed E-state index contributed by atoms with van der Waals surface area (Å²) < 4.78 is 0. The smallest absolute Gasteiger partial charge is 0.303 e. The Balaban J connectivity index is 2.33. The number of H-pyrrole nitrogens is 1. The highest BCUT2D eigenvalue weighted by Crippen LogP contribution is 2.31. The molecule has 0 saturated carbocycles. The maximum Gasteiger partial charge on any atom is 0.303 e. The summed E-state index contributed by atoms with van der Waals surface area (Å²) in [6.07, 6.45) is 2.07. The van der Waals surface area contributed by atoms with Gasteiger partial charge in [0, 0.05) is 17.0 Å². The van der Waals surface area contributed by atoms with Gasteiger partial charge in [0.25, 0.3) is 0 Å². The second-order valence-corrected chi connectivity index (χ2v) is 4.63. The number of hydrogen-bond donors (Lipinski definition) is 2. The number of aromatic nitrogens is 2. The molecule has 1 heterocycles. The quantitative estimate of drug-likeness (QED) is 0.904. The summed E-state index contributed by atoms with van der Waals surface area (Å²) in [5, 5.41) is 16.5. The Morgan fingerprint density at radius 3 is 2.83 bits per heavy atom. The second kappa shape index (κ2) is 5.42. The standard InChI is InChI=1S/C12H10Cl2N2O2/c13-8-2-3-9(10(14)5-8)12-7(6-15-16-12)1-4-11(17)18/h2-3,5-6H,1,4H2,(H,15,16)(H,17,18). The fraction of sp³-hybridized carbons (Fsp3) is 0.167. The molecule has 0 amide bonds. The van der Waals surface area contributed by atoms with Gasteiger partial charge in [0.1, 0.15) is 0 Å². The minimum Gasteiger partial charge on any atom is -0.481 e. The molecule has 2 aromatic rings. The van der Waals surface area contributed by atoms with Crippen molar-refractivity contribution in [3.8, 4) is 11.3 Å². The molecule has 0 fully saturated rings. The van der Waals surface area contributed by atoms with Gasteiger partial charge in [-0.05, 0) is 30.2 Å². The Bertz CT molecular complexity index is 581. The van der Waals surface area contributed by atoms with E-state index in [-0.39, 0.29) is 6.42 Å². The maximum atomic E-state index is 10.6. The number of nitrogens with zero attached hydrogens (tertiary/aromatic N) is 1. The fourth-order valence-corrected chi connectivity index (χ4v) is 2.17. The van der Waals surface area contributed by atoms with Crippen LogP contribution in [-0.2, 0) is 11.2 Å². The summed E-state index contributed by atoms with van der Waals surface area (Å²) in [5.74, 6) is -0.843. The molecule has 6 heteroatoms. The number of halogens is 2. The highest BCUT2D eigenvalue weighted by Gasteiger charge is 2.12. The van der Waals surface area contributed by atoms with Crippen molar-refractivity contribution in [1.82, 2.24) is 10.2 Å². The summed E-state index contributed by atoms with van der Waals surface area (Å²) in [5.41, 5.74) is 2.32. The Hall–Kier alpha value is -1.52. The largest absolute Gasteiger partial charge is 0.481 e. The molecule has 1 aromatic carbocycles. The van der Waals surface area contributed by atoms with Crippen molar-refractivity contribution in [2.45, 2.75) is 12.8 Å². The van der Waals surface area contributed by atoms with E-state index in [1.54, 1.807) is 24.4 Å². The lowest BCUT2D eigenvalue weighted by Crippen LogP contribution is -1.98. The molecule has 2 N–H and O–H groups in total. The summed E-state index contributed by atoms with van der Waals surface area (Å²) in [7, 11) is 0. The van der Waals surface area contributed by atoms with E-state index in [1.807, 2.05) is 0 Å². The molecule has 0 aliphatic heterocycles. The Kier molecular flexibility index (Phi) is 3.89. The van der Waals surface area contributed by atoms with Gasteiger partial charge in [0.15, 0.2) is 0 Å². The van der Waals surface area contributed by atoms with Gasteiger partial charge in [-0.3, -0.25) is 9.89 Å². The van der Waals surface area contributed by atoms with E-state index in [9.17, 15) is 4.79 Å². The topological polar surface area (TPSA) is 66.0 Å². The Morgan fingerprint density at radius 1 is 1.39 bits per heavy atom. The van der Waals surface area contributed by atoms with Gasteiger partial charge in [-0.15, -0.1) is 0 Å². The van der Waals surface area contributed by atoms with E-state index >= 15 is 0 Å². The number of carbonyl (C=O) groups is 1. The van der Waals surface area contributed by atoms with Crippen LogP contribution in [0.2, 0.25) is 10.0 Å². The van der Waals surface area contributed by atoms with Crippen LogP contribution < -0.4 is 0 Å². The van der Waals surface area contributed by atoms with Gasteiger partial charge in [-0.1, -0.05) is 23.2 Å². The number of aliphatic carboxylic acids is 1. The first-order valence-corrected chi connectivity index (χ1v) is 6.03. The number of carboxylic acids is 1. The van der Waals surface area contributed by atoms with Crippen LogP contribution in [0.1, 0.15) is 12.0 Å². The molecule has 0 saturated heterocycles. The van der Waals surface area contributed by atoms with E-state index in [0.717, 1.165) is 16.8 Å². The maximum absolute atomic E-state index is 10.6. The number of nitrogens with one attached hydrogen (secondary N) is 1. The third kappa shape index (κ3) is 2.83.